The first-order valence-corrected chi connectivity index (χ1v) is 5.05. The number of hydrogen-bond acceptors (Lipinski definition) is 0. The van der Waals surface area contributed by atoms with Crippen LogP contribution in [-0.2, 0) is 6.42 Å². The van der Waals surface area contributed by atoms with E-state index in [1.54, 1.807) is 0 Å². The van der Waals surface area contributed by atoms with Crippen molar-refractivity contribution >= 4 is 23.2 Å². The van der Waals surface area contributed by atoms with E-state index in [0.717, 1.165) is 34.9 Å². The molecule has 2 heteroatoms. The normalized spacial score (nSPS) is 10.0. The fourth-order valence-corrected chi connectivity index (χ4v) is 1.78. The highest BCUT2D eigenvalue weighted by Gasteiger charge is 2.03. The maximum absolute atomic E-state index is 6.00. The van der Waals surface area contributed by atoms with E-state index < -0.39 is 0 Å². The molecule has 0 amide bonds. The fraction of sp³-hybridized carbons (Fsp3) is 0.273. The predicted octanol–water partition coefficient (Wildman–Crippen LogP) is 4.50. The molecule has 0 radical (unpaired) electrons. The third kappa shape index (κ3) is 3.06. The van der Waals surface area contributed by atoms with Crippen LogP contribution in [0.2, 0.25) is 10.0 Å². The Morgan fingerprint density at radius 1 is 1.23 bits per heavy atom. The van der Waals surface area contributed by atoms with E-state index in [2.05, 4.69) is 6.58 Å². The predicted molar refractivity (Wildman–Crippen MR) is 59.6 cm³/mol. The zero-order chi connectivity index (χ0) is 9.68. The summed E-state index contributed by atoms with van der Waals surface area (Å²) in [4.78, 5) is 0. The fourth-order valence-electron chi connectivity index (χ4n) is 1.19. The van der Waals surface area contributed by atoms with Gasteiger partial charge in [0, 0.05) is 10.0 Å². The summed E-state index contributed by atoms with van der Waals surface area (Å²) >= 11 is 12.0. The number of allylic oxidation sites excluding steroid dienone is 1. The quantitative estimate of drug-likeness (QED) is 0.512. The molecule has 0 atom stereocenters. The Hall–Kier alpha value is -0.460. The highest BCUT2D eigenvalue weighted by Crippen LogP contribution is 2.25. The van der Waals surface area contributed by atoms with Gasteiger partial charge in [0.1, 0.15) is 0 Å². The van der Waals surface area contributed by atoms with Gasteiger partial charge in [-0.05, 0) is 37.0 Å². The van der Waals surface area contributed by atoms with Gasteiger partial charge in [-0.3, -0.25) is 0 Å². The highest BCUT2D eigenvalue weighted by molar-refractivity contribution is 6.35. The van der Waals surface area contributed by atoms with Crippen molar-refractivity contribution in [2.75, 3.05) is 0 Å². The van der Waals surface area contributed by atoms with Crippen molar-refractivity contribution in [2.24, 2.45) is 0 Å². The van der Waals surface area contributed by atoms with Gasteiger partial charge in [-0.2, -0.15) is 0 Å². The summed E-state index contributed by atoms with van der Waals surface area (Å²) in [5.74, 6) is 0. The summed E-state index contributed by atoms with van der Waals surface area (Å²) in [5.41, 5.74) is 1.05. The van der Waals surface area contributed by atoms with E-state index in [0.29, 0.717) is 0 Å². The largest absolute Gasteiger partial charge is 0.103 e. The summed E-state index contributed by atoms with van der Waals surface area (Å²) in [6.07, 6.45) is 4.88. The lowest BCUT2D eigenvalue weighted by Crippen LogP contribution is -1.87. The molecule has 0 nitrogen and oxygen atoms in total. The lowest BCUT2D eigenvalue weighted by molar-refractivity contribution is 0.844. The second kappa shape index (κ2) is 5.31. The molecule has 0 fully saturated rings. The Kier molecular flexibility index (Phi) is 4.34. The second-order valence-electron chi connectivity index (χ2n) is 2.88. The SMILES string of the molecule is C=CCCCc1c(Cl)cccc1Cl. The maximum Gasteiger partial charge on any atom is 0.0452 e. The van der Waals surface area contributed by atoms with Crippen LogP contribution >= 0.6 is 23.2 Å². The number of unbranched alkanes of at least 4 members (excludes halogenated alkanes) is 1. The maximum atomic E-state index is 6.00. The molecule has 0 aromatic heterocycles. The van der Waals surface area contributed by atoms with Crippen molar-refractivity contribution in [3.05, 3.63) is 46.5 Å². The van der Waals surface area contributed by atoms with Gasteiger partial charge in [-0.15, -0.1) is 6.58 Å². The zero-order valence-electron chi connectivity index (χ0n) is 7.39. The van der Waals surface area contributed by atoms with Crippen molar-refractivity contribution in [1.29, 1.82) is 0 Å². The summed E-state index contributed by atoms with van der Waals surface area (Å²) in [6, 6.07) is 5.61. The monoisotopic (exact) mass is 214 g/mol. The minimum absolute atomic E-state index is 0.761. The smallest absolute Gasteiger partial charge is 0.0452 e. The van der Waals surface area contributed by atoms with Gasteiger partial charge < -0.3 is 0 Å². The van der Waals surface area contributed by atoms with Crippen molar-refractivity contribution in [2.45, 2.75) is 19.3 Å². The molecule has 1 aromatic carbocycles. The first-order chi connectivity index (χ1) is 6.25. The molecule has 0 saturated heterocycles. The van der Waals surface area contributed by atoms with Crippen LogP contribution in [0, 0.1) is 0 Å². The Bertz CT molecular complexity index is 272. The Labute approximate surface area is 89.2 Å². The number of halogens is 2. The van der Waals surface area contributed by atoms with Crippen LogP contribution in [0.4, 0.5) is 0 Å². The third-order valence-corrected chi connectivity index (χ3v) is 2.60. The molecule has 0 aliphatic rings. The Balaban J connectivity index is 2.69. The first-order valence-electron chi connectivity index (χ1n) is 4.29. The van der Waals surface area contributed by atoms with Crippen molar-refractivity contribution in [1.82, 2.24) is 0 Å². The van der Waals surface area contributed by atoms with E-state index in [9.17, 15) is 0 Å². The van der Waals surface area contributed by atoms with Gasteiger partial charge in [0.15, 0.2) is 0 Å². The van der Waals surface area contributed by atoms with Crippen LogP contribution in [0.1, 0.15) is 18.4 Å². The van der Waals surface area contributed by atoms with Gasteiger partial charge in [0.2, 0.25) is 0 Å². The molecule has 0 heterocycles. The average Bonchev–Trinajstić information content (AvgIpc) is 2.10. The molecule has 0 spiro atoms. The molecule has 70 valence electrons. The minimum atomic E-state index is 0.761. The molecule has 0 aliphatic heterocycles. The molecular weight excluding hydrogens is 203 g/mol. The molecule has 0 saturated carbocycles. The summed E-state index contributed by atoms with van der Waals surface area (Å²) in [5, 5.41) is 1.52. The minimum Gasteiger partial charge on any atom is -0.103 e. The van der Waals surface area contributed by atoms with E-state index in [-0.39, 0.29) is 0 Å². The van der Waals surface area contributed by atoms with Crippen LogP contribution in [0.25, 0.3) is 0 Å². The number of rotatable bonds is 4. The molecule has 13 heavy (non-hydrogen) atoms. The number of benzene rings is 1. The van der Waals surface area contributed by atoms with E-state index in [4.69, 9.17) is 23.2 Å². The van der Waals surface area contributed by atoms with Crippen LogP contribution in [0.5, 0.6) is 0 Å². The standard InChI is InChI=1S/C11H12Cl2/c1-2-3-4-6-9-10(12)7-5-8-11(9)13/h2,5,7-8H,1,3-4,6H2. The van der Waals surface area contributed by atoms with Crippen LogP contribution in [0.15, 0.2) is 30.9 Å². The zero-order valence-corrected chi connectivity index (χ0v) is 8.91. The van der Waals surface area contributed by atoms with Crippen LogP contribution in [-0.4, -0.2) is 0 Å². The first kappa shape index (κ1) is 10.6. The lowest BCUT2D eigenvalue weighted by Gasteiger charge is -2.04. The van der Waals surface area contributed by atoms with E-state index >= 15 is 0 Å². The van der Waals surface area contributed by atoms with Crippen LogP contribution in [0.3, 0.4) is 0 Å². The number of hydrogen-bond donors (Lipinski definition) is 0. The molecule has 0 bridgehead atoms. The highest BCUT2D eigenvalue weighted by atomic mass is 35.5. The Morgan fingerprint density at radius 3 is 2.38 bits per heavy atom. The van der Waals surface area contributed by atoms with Crippen molar-refractivity contribution in [3.63, 3.8) is 0 Å². The van der Waals surface area contributed by atoms with Gasteiger partial charge in [0.25, 0.3) is 0 Å². The summed E-state index contributed by atoms with van der Waals surface area (Å²) in [6.45, 7) is 3.67. The molecular formula is C11H12Cl2. The van der Waals surface area contributed by atoms with Crippen LogP contribution < -0.4 is 0 Å². The molecule has 1 rings (SSSR count). The molecule has 1 aromatic rings. The van der Waals surface area contributed by atoms with E-state index in [1.165, 1.54) is 0 Å². The lowest BCUT2D eigenvalue weighted by atomic mass is 10.1. The second-order valence-corrected chi connectivity index (χ2v) is 3.70. The van der Waals surface area contributed by atoms with Gasteiger partial charge >= 0.3 is 0 Å². The Morgan fingerprint density at radius 2 is 1.85 bits per heavy atom. The van der Waals surface area contributed by atoms with Gasteiger partial charge in [-0.25, -0.2) is 0 Å². The third-order valence-electron chi connectivity index (χ3n) is 1.90. The van der Waals surface area contributed by atoms with Gasteiger partial charge in [0.05, 0.1) is 0 Å². The molecule has 0 aliphatic carbocycles. The summed E-state index contributed by atoms with van der Waals surface area (Å²) < 4.78 is 0. The van der Waals surface area contributed by atoms with Gasteiger partial charge in [-0.1, -0.05) is 35.3 Å². The average molecular weight is 215 g/mol. The topological polar surface area (TPSA) is 0 Å². The molecule has 0 unspecified atom stereocenters. The summed E-state index contributed by atoms with van der Waals surface area (Å²) in [7, 11) is 0. The van der Waals surface area contributed by atoms with E-state index in [1.807, 2.05) is 24.3 Å². The van der Waals surface area contributed by atoms with Crippen molar-refractivity contribution in [3.8, 4) is 0 Å². The van der Waals surface area contributed by atoms with Crippen molar-refractivity contribution < 1.29 is 0 Å². The molecule has 0 N–H and O–H groups in total.